The number of hydrogen-bond donors (Lipinski definition) is 3. The van der Waals surface area contributed by atoms with E-state index in [-0.39, 0.29) is 18.6 Å². The summed E-state index contributed by atoms with van der Waals surface area (Å²) in [6.45, 7) is 4.70. The fraction of sp³-hybridized carbons (Fsp3) is 0.412. The molecule has 8 heteroatoms. The molecule has 8 nitrogen and oxygen atoms in total. The highest BCUT2D eigenvalue weighted by Crippen LogP contribution is 2.21. The van der Waals surface area contributed by atoms with Crippen molar-refractivity contribution in [3.8, 4) is 0 Å². The van der Waals surface area contributed by atoms with E-state index in [0.29, 0.717) is 29.5 Å². The fourth-order valence-electron chi connectivity index (χ4n) is 2.47. The van der Waals surface area contributed by atoms with Crippen LogP contribution >= 0.6 is 0 Å². The zero-order valence-corrected chi connectivity index (χ0v) is 14.6. The monoisotopic (exact) mass is 341 g/mol. The topological polar surface area (TPSA) is 101 Å². The lowest BCUT2D eigenvalue weighted by molar-refractivity contribution is 0.248. The number of hydrogen-bond acceptors (Lipinski definition) is 7. The van der Waals surface area contributed by atoms with Gasteiger partial charge in [-0.25, -0.2) is 4.68 Å². The molecule has 0 aliphatic rings. The first kappa shape index (κ1) is 17.1. The van der Waals surface area contributed by atoms with Crippen LogP contribution in [0.15, 0.2) is 30.3 Å². The van der Waals surface area contributed by atoms with E-state index >= 15 is 0 Å². The lowest BCUT2D eigenvalue weighted by Gasteiger charge is -2.20. The number of rotatable bonds is 7. The Kier molecular flexibility index (Phi) is 5.08. The van der Waals surface area contributed by atoms with Gasteiger partial charge in [0, 0.05) is 13.6 Å². The van der Waals surface area contributed by atoms with Gasteiger partial charge in [-0.05, 0) is 11.5 Å². The van der Waals surface area contributed by atoms with E-state index in [4.69, 9.17) is 0 Å². The van der Waals surface area contributed by atoms with E-state index in [2.05, 4.69) is 30.9 Å². The second-order valence-electron chi connectivity index (χ2n) is 6.30. The van der Waals surface area contributed by atoms with Crippen LogP contribution in [0.4, 0.5) is 11.8 Å². The zero-order valence-electron chi connectivity index (χ0n) is 14.6. The molecule has 3 aromatic rings. The Morgan fingerprint density at radius 2 is 1.92 bits per heavy atom. The predicted octanol–water partition coefficient (Wildman–Crippen LogP) is 1.80. The number of benzene rings is 1. The Morgan fingerprint density at radius 1 is 1.16 bits per heavy atom. The van der Waals surface area contributed by atoms with Crippen LogP contribution < -0.4 is 10.6 Å². The molecule has 0 fully saturated rings. The molecule has 1 atom stereocenters. The van der Waals surface area contributed by atoms with Gasteiger partial charge in [-0.1, -0.05) is 49.4 Å². The number of aromatic nitrogens is 5. The highest BCUT2D eigenvalue weighted by molar-refractivity contribution is 5.83. The number of aryl methyl sites for hydroxylation is 1. The van der Waals surface area contributed by atoms with Crippen molar-refractivity contribution in [2.24, 2.45) is 13.0 Å². The van der Waals surface area contributed by atoms with Crippen molar-refractivity contribution in [1.29, 1.82) is 0 Å². The van der Waals surface area contributed by atoms with E-state index in [0.717, 1.165) is 5.56 Å². The van der Waals surface area contributed by atoms with Gasteiger partial charge in [0.25, 0.3) is 0 Å². The SMILES string of the molecule is CC(C)C(CO)Nc1nc(NCc2ccccc2)c2nnn(C)c2n1. The summed E-state index contributed by atoms with van der Waals surface area (Å²) in [6.07, 6.45) is 0. The number of aliphatic hydroxyl groups is 1. The smallest absolute Gasteiger partial charge is 0.227 e. The van der Waals surface area contributed by atoms with Crippen molar-refractivity contribution < 1.29 is 5.11 Å². The first-order valence-electron chi connectivity index (χ1n) is 8.31. The van der Waals surface area contributed by atoms with Crippen LogP contribution in [0.3, 0.4) is 0 Å². The molecule has 3 N–H and O–H groups in total. The van der Waals surface area contributed by atoms with E-state index in [1.165, 1.54) is 0 Å². The molecule has 0 saturated carbocycles. The van der Waals surface area contributed by atoms with Gasteiger partial charge in [-0.3, -0.25) is 0 Å². The molecule has 0 amide bonds. The standard InChI is InChI=1S/C17H23N7O/c1-11(2)13(10-25)19-17-20-15(14-16(21-17)24(3)23-22-14)18-9-12-7-5-4-6-8-12/h4-8,11,13,25H,9-10H2,1-3H3,(H2,18,19,20,21). The van der Waals surface area contributed by atoms with Crippen LogP contribution in [0.2, 0.25) is 0 Å². The molecule has 0 saturated heterocycles. The van der Waals surface area contributed by atoms with Crippen molar-refractivity contribution in [2.45, 2.75) is 26.4 Å². The molecule has 0 spiro atoms. The summed E-state index contributed by atoms with van der Waals surface area (Å²) in [5, 5.41) is 24.2. The minimum atomic E-state index is -0.124. The van der Waals surface area contributed by atoms with Crippen molar-refractivity contribution in [3.05, 3.63) is 35.9 Å². The number of anilines is 2. The normalized spacial score (nSPS) is 12.5. The third kappa shape index (κ3) is 3.85. The maximum Gasteiger partial charge on any atom is 0.227 e. The van der Waals surface area contributed by atoms with Gasteiger partial charge < -0.3 is 15.7 Å². The molecule has 2 heterocycles. The van der Waals surface area contributed by atoms with E-state index in [1.54, 1.807) is 11.7 Å². The fourth-order valence-corrected chi connectivity index (χ4v) is 2.47. The Hall–Kier alpha value is -2.74. The molecule has 3 rings (SSSR count). The molecule has 0 radical (unpaired) electrons. The van der Waals surface area contributed by atoms with Gasteiger partial charge in [0.15, 0.2) is 17.0 Å². The van der Waals surface area contributed by atoms with Crippen LogP contribution in [0, 0.1) is 5.92 Å². The molecule has 1 unspecified atom stereocenters. The molecular weight excluding hydrogens is 318 g/mol. The Morgan fingerprint density at radius 3 is 2.60 bits per heavy atom. The summed E-state index contributed by atoms with van der Waals surface area (Å²) < 4.78 is 1.61. The number of fused-ring (bicyclic) bond motifs is 1. The first-order chi connectivity index (χ1) is 12.1. The molecule has 2 aromatic heterocycles. The highest BCUT2D eigenvalue weighted by atomic mass is 16.3. The second kappa shape index (κ2) is 7.43. The molecule has 0 aliphatic carbocycles. The van der Waals surface area contributed by atoms with Gasteiger partial charge in [0.05, 0.1) is 12.6 Å². The Labute approximate surface area is 146 Å². The average Bonchev–Trinajstić information content (AvgIpc) is 2.99. The van der Waals surface area contributed by atoms with Crippen molar-refractivity contribution in [2.75, 3.05) is 17.2 Å². The summed E-state index contributed by atoms with van der Waals surface area (Å²) >= 11 is 0. The summed E-state index contributed by atoms with van der Waals surface area (Å²) in [6, 6.07) is 9.94. The van der Waals surface area contributed by atoms with E-state index in [9.17, 15) is 5.11 Å². The minimum absolute atomic E-state index is 0.00940. The third-order valence-corrected chi connectivity index (χ3v) is 4.07. The average molecular weight is 341 g/mol. The molecule has 0 aliphatic heterocycles. The number of aliphatic hydroxyl groups excluding tert-OH is 1. The molecule has 0 bridgehead atoms. The second-order valence-corrected chi connectivity index (χ2v) is 6.30. The van der Waals surface area contributed by atoms with Gasteiger partial charge >= 0.3 is 0 Å². The van der Waals surface area contributed by atoms with E-state index < -0.39 is 0 Å². The summed E-state index contributed by atoms with van der Waals surface area (Å²) in [5.41, 5.74) is 2.39. The number of nitrogens with zero attached hydrogens (tertiary/aromatic N) is 5. The molecular formula is C17H23N7O. The third-order valence-electron chi connectivity index (χ3n) is 4.07. The van der Waals surface area contributed by atoms with Gasteiger partial charge in [0.1, 0.15) is 0 Å². The summed E-state index contributed by atoms with van der Waals surface area (Å²) in [4.78, 5) is 9.02. The Bertz CT molecular complexity index is 832. The van der Waals surface area contributed by atoms with Crippen LogP contribution in [0.1, 0.15) is 19.4 Å². The van der Waals surface area contributed by atoms with Crippen LogP contribution in [0.25, 0.3) is 11.2 Å². The number of nitrogens with one attached hydrogen (secondary N) is 2. The largest absolute Gasteiger partial charge is 0.394 e. The van der Waals surface area contributed by atoms with Gasteiger partial charge in [-0.2, -0.15) is 9.97 Å². The van der Waals surface area contributed by atoms with Crippen molar-refractivity contribution in [3.63, 3.8) is 0 Å². The zero-order chi connectivity index (χ0) is 17.8. The minimum Gasteiger partial charge on any atom is -0.394 e. The van der Waals surface area contributed by atoms with Crippen LogP contribution in [-0.2, 0) is 13.6 Å². The highest BCUT2D eigenvalue weighted by Gasteiger charge is 2.17. The molecule has 1 aromatic carbocycles. The van der Waals surface area contributed by atoms with Gasteiger partial charge in [0.2, 0.25) is 5.95 Å². The summed E-state index contributed by atoms with van der Waals surface area (Å²) in [7, 11) is 1.79. The van der Waals surface area contributed by atoms with Crippen LogP contribution in [0.5, 0.6) is 0 Å². The maximum atomic E-state index is 9.54. The van der Waals surface area contributed by atoms with Crippen LogP contribution in [-0.4, -0.2) is 42.7 Å². The molecule has 25 heavy (non-hydrogen) atoms. The summed E-state index contributed by atoms with van der Waals surface area (Å²) in [5.74, 6) is 1.31. The van der Waals surface area contributed by atoms with Gasteiger partial charge in [-0.15, -0.1) is 5.10 Å². The maximum absolute atomic E-state index is 9.54. The lowest BCUT2D eigenvalue weighted by atomic mass is 10.1. The first-order valence-corrected chi connectivity index (χ1v) is 8.31. The quantitative estimate of drug-likeness (QED) is 0.602. The predicted molar refractivity (Wildman–Crippen MR) is 97.2 cm³/mol. The van der Waals surface area contributed by atoms with Crippen molar-refractivity contribution >= 4 is 22.9 Å². The Balaban J connectivity index is 1.90. The van der Waals surface area contributed by atoms with Crippen molar-refractivity contribution in [1.82, 2.24) is 25.0 Å². The lowest BCUT2D eigenvalue weighted by Crippen LogP contribution is -2.30. The molecule has 132 valence electrons. The van der Waals surface area contributed by atoms with E-state index in [1.807, 2.05) is 44.2 Å².